The Kier molecular flexibility index (Phi) is 9.39. The average Bonchev–Trinajstić information content (AvgIpc) is 1.65. The monoisotopic (exact) mass is 126 g/mol. The first-order valence-electron chi connectivity index (χ1n) is 3.27. The van der Waals surface area contributed by atoms with Crippen LogP contribution in [0.25, 0.3) is 0 Å². The van der Waals surface area contributed by atoms with Crippen molar-refractivity contribution in [1.82, 2.24) is 0 Å². The lowest BCUT2D eigenvalue weighted by Gasteiger charge is -1.79. The average molecular weight is 126 g/mol. The summed E-state index contributed by atoms with van der Waals surface area (Å²) >= 11 is 0. The molecule has 0 heterocycles. The summed E-state index contributed by atoms with van der Waals surface area (Å²) < 4.78 is 0. The topological polar surface area (TPSA) is 0 Å². The van der Waals surface area contributed by atoms with Crippen molar-refractivity contribution < 1.29 is 0 Å². The van der Waals surface area contributed by atoms with Crippen molar-refractivity contribution in [2.24, 2.45) is 0 Å². The first-order chi connectivity index (χ1) is 4.00. The van der Waals surface area contributed by atoms with E-state index in [0.717, 1.165) is 6.42 Å². The molecule has 0 aromatic carbocycles. The summed E-state index contributed by atoms with van der Waals surface area (Å²) in [6.45, 7) is 15.3. The van der Waals surface area contributed by atoms with Crippen molar-refractivity contribution in [3.05, 3.63) is 24.3 Å². The fourth-order valence-corrected chi connectivity index (χ4v) is 0. The Bertz CT molecular complexity index is 84.2. The fraction of sp³-hybridized carbons (Fsp3) is 0.556. The van der Waals surface area contributed by atoms with Crippen molar-refractivity contribution in [3.63, 3.8) is 0 Å². The molecule has 0 amide bonds. The van der Waals surface area contributed by atoms with Crippen LogP contribution >= 0.6 is 0 Å². The molecular weight excluding hydrogens is 108 g/mol. The number of hydrogen-bond donors (Lipinski definition) is 0. The maximum Gasteiger partial charge on any atom is -0.0354 e. The highest BCUT2D eigenvalue weighted by Crippen LogP contribution is 1.88. The Labute approximate surface area is 59.3 Å². The van der Waals surface area contributed by atoms with Gasteiger partial charge in [0.2, 0.25) is 0 Å². The maximum absolute atomic E-state index is 3.67. The van der Waals surface area contributed by atoms with Crippen LogP contribution in [0.5, 0.6) is 0 Å². The molecule has 0 spiro atoms. The van der Waals surface area contributed by atoms with Crippen molar-refractivity contribution in [3.8, 4) is 0 Å². The van der Waals surface area contributed by atoms with Crippen LogP contribution in [-0.2, 0) is 0 Å². The van der Waals surface area contributed by atoms with Crippen LogP contribution in [0, 0.1) is 0 Å². The molecule has 0 saturated carbocycles. The molecular formula is C9H18. The van der Waals surface area contributed by atoms with E-state index in [1.807, 2.05) is 20.8 Å². The van der Waals surface area contributed by atoms with E-state index in [1.54, 1.807) is 0 Å². The van der Waals surface area contributed by atoms with Gasteiger partial charge in [0, 0.05) is 0 Å². The second kappa shape index (κ2) is 7.48. The van der Waals surface area contributed by atoms with Gasteiger partial charge in [-0.05, 0) is 27.2 Å². The van der Waals surface area contributed by atoms with Gasteiger partial charge in [-0.3, -0.25) is 0 Å². The van der Waals surface area contributed by atoms with Crippen molar-refractivity contribution in [1.29, 1.82) is 0 Å². The maximum atomic E-state index is 3.67. The van der Waals surface area contributed by atoms with Crippen LogP contribution in [0.15, 0.2) is 24.3 Å². The van der Waals surface area contributed by atoms with Crippen LogP contribution in [0.1, 0.15) is 34.1 Å². The first-order valence-corrected chi connectivity index (χ1v) is 3.27. The molecule has 9 heavy (non-hydrogen) atoms. The second-order valence-electron chi connectivity index (χ2n) is 2.52. The Morgan fingerprint density at radius 2 is 1.22 bits per heavy atom. The lowest BCUT2D eigenvalue weighted by atomic mass is 10.3. The van der Waals surface area contributed by atoms with Crippen molar-refractivity contribution >= 4 is 0 Å². The molecule has 54 valence electrons. The number of allylic oxidation sites excluding steroid dienone is 2. The lowest BCUT2D eigenvalue weighted by Crippen LogP contribution is -1.58. The highest BCUT2D eigenvalue weighted by atomic mass is 13.7. The van der Waals surface area contributed by atoms with Crippen molar-refractivity contribution in [2.45, 2.75) is 34.1 Å². The minimum Gasteiger partial charge on any atom is -0.100 e. The van der Waals surface area contributed by atoms with Crippen LogP contribution in [0.2, 0.25) is 0 Å². The molecule has 0 bridgehead atoms. The van der Waals surface area contributed by atoms with Crippen LogP contribution < -0.4 is 0 Å². The Hall–Kier alpha value is -0.520. The molecule has 0 aromatic heterocycles. The third kappa shape index (κ3) is 103. The summed E-state index contributed by atoms with van der Waals surface area (Å²) in [5, 5.41) is 0. The van der Waals surface area contributed by atoms with E-state index < -0.39 is 0 Å². The highest BCUT2D eigenvalue weighted by molar-refractivity contribution is 4.84. The van der Waals surface area contributed by atoms with Crippen LogP contribution in [-0.4, -0.2) is 0 Å². The summed E-state index contributed by atoms with van der Waals surface area (Å²) in [6.07, 6.45) is 1.11. The summed E-state index contributed by atoms with van der Waals surface area (Å²) in [4.78, 5) is 0. The molecule has 0 aliphatic heterocycles. The predicted molar refractivity (Wildman–Crippen MR) is 45.6 cm³/mol. The largest absolute Gasteiger partial charge is 0.100 e. The zero-order valence-electron chi connectivity index (χ0n) is 7.12. The Balaban J connectivity index is 0. The third-order valence-corrected chi connectivity index (χ3v) is 0.604. The summed E-state index contributed by atoms with van der Waals surface area (Å²) in [6, 6.07) is 0. The van der Waals surface area contributed by atoms with E-state index in [2.05, 4.69) is 20.1 Å². The lowest BCUT2D eigenvalue weighted by molar-refractivity contribution is 1.11. The minimum absolute atomic E-state index is 1.11. The van der Waals surface area contributed by atoms with E-state index in [0.29, 0.717) is 0 Å². The normalized spacial score (nSPS) is 7.11. The highest BCUT2D eigenvalue weighted by Gasteiger charge is 1.67. The molecule has 0 heteroatoms. The molecule has 0 saturated heterocycles. The predicted octanol–water partition coefficient (Wildman–Crippen LogP) is 3.55. The van der Waals surface area contributed by atoms with E-state index in [-0.39, 0.29) is 0 Å². The van der Waals surface area contributed by atoms with Crippen LogP contribution in [0.4, 0.5) is 0 Å². The zero-order valence-corrected chi connectivity index (χ0v) is 7.12. The molecule has 0 radical (unpaired) electrons. The van der Waals surface area contributed by atoms with Gasteiger partial charge >= 0.3 is 0 Å². The van der Waals surface area contributed by atoms with Gasteiger partial charge in [-0.25, -0.2) is 0 Å². The van der Waals surface area contributed by atoms with Gasteiger partial charge in [-0.1, -0.05) is 18.1 Å². The summed E-state index contributed by atoms with van der Waals surface area (Å²) in [5.74, 6) is 0. The molecule has 0 rings (SSSR count). The zero-order chi connectivity index (χ0) is 7.86. The number of hydrogen-bond acceptors (Lipinski definition) is 0. The quantitative estimate of drug-likeness (QED) is 0.471. The molecule has 0 atom stereocenters. The van der Waals surface area contributed by atoms with Gasteiger partial charge in [0.25, 0.3) is 0 Å². The number of rotatable bonds is 1. The van der Waals surface area contributed by atoms with Gasteiger partial charge in [0.15, 0.2) is 0 Å². The molecule has 0 aliphatic rings. The van der Waals surface area contributed by atoms with Gasteiger partial charge in [-0.15, -0.1) is 13.2 Å². The fourth-order valence-electron chi connectivity index (χ4n) is 0. The van der Waals surface area contributed by atoms with E-state index in [9.17, 15) is 0 Å². The first kappa shape index (κ1) is 11.3. The molecule has 0 N–H and O–H groups in total. The van der Waals surface area contributed by atoms with Gasteiger partial charge < -0.3 is 0 Å². The van der Waals surface area contributed by atoms with Gasteiger partial charge in [0.1, 0.15) is 0 Å². The molecule has 0 aromatic rings. The third-order valence-electron chi connectivity index (χ3n) is 0.604. The molecule has 0 nitrogen and oxygen atoms in total. The van der Waals surface area contributed by atoms with Crippen molar-refractivity contribution in [2.75, 3.05) is 0 Å². The Morgan fingerprint density at radius 1 is 1.11 bits per heavy atom. The smallest absolute Gasteiger partial charge is 0.0354 e. The molecule has 0 aliphatic carbocycles. The minimum atomic E-state index is 1.11. The van der Waals surface area contributed by atoms with Gasteiger partial charge in [-0.2, -0.15) is 0 Å². The van der Waals surface area contributed by atoms with E-state index >= 15 is 0 Å². The summed E-state index contributed by atoms with van der Waals surface area (Å²) in [5.41, 5.74) is 2.42. The SMILES string of the molecule is C=C(C)C.C=C(C)CC. The second-order valence-corrected chi connectivity index (χ2v) is 2.52. The van der Waals surface area contributed by atoms with Gasteiger partial charge in [0.05, 0.1) is 0 Å². The molecule has 0 unspecified atom stereocenters. The standard InChI is InChI=1S/C5H10.C4H8/c1-4-5(2)3;1-4(2)3/h2,4H2,1,3H3;1H2,2-3H3. The molecule has 0 fully saturated rings. The van der Waals surface area contributed by atoms with E-state index in [1.165, 1.54) is 11.1 Å². The van der Waals surface area contributed by atoms with E-state index in [4.69, 9.17) is 0 Å². The Morgan fingerprint density at radius 3 is 1.22 bits per heavy atom. The van der Waals surface area contributed by atoms with Crippen LogP contribution in [0.3, 0.4) is 0 Å². The summed E-state index contributed by atoms with van der Waals surface area (Å²) in [7, 11) is 0.